The van der Waals surface area contributed by atoms with Crippen molar-refractivity contribution in [1.82, 2.24) is 0 Å². The smallest absolute Gasteiger partial charge is 0.273 e. The van der Waals surface area contributed by atoms with Crippen molar-refractivity contribution in [2.75, 3.05) is 0 Å². The highest BCUT2D eigenvalue weighted by Gasteiger charge is 2.20. The lowest BCUT2D eigenvalue weighted by molar-refractivity contribution is 0.317. The molecular formula is C4H9NO4S. The molecular weight excluding hydrogens is 158 g/mol. The lowest BCUT2D eigenvalue weighted by Gasteiger charge is -2.03. The zero-order valence-electron chi connectivity index (χ0n) is 5.64. The van der Waals surface area contributed by atoms with Crippen molar-refractivity contribution in [2.45, 2.75) is 19.1 Å². The molecule has 6 heteroatoms. The number of hydrogen-bond donors (Lipinski definition) is 2. The molecule has 0 radical (unpaired) electrons. The topological polar surface area (TPSA) is 87.0 Å². The summed E-state index contributed by atoms with van der Waals surface area (Å²) < 4.78 is 29.0. The number of nitrogens with zero attached hydrogens (tertiary/aromatic N) is 1. The molecule has 0 bridgehead atoms. The average molecular weight is 167 g/mol. The zero-order valence-corrected chi connectivity index (χ0v) is 6.46. The van der Waals surface area contributed by atoms with Gasteiger partial charge in [0.1, 0.15) is 5.25 Å². The maximum atomic E-state index is 10.3. The molecule has 0 heterocycles. The Morgan fingerprint density at radius 3 is 2.10 bits per heavy atom. The van der Waals surface area contributed by atoms with Crippen molar-refractivity contribution >= 4 is 15.8 Å². The molecule has 0 aromatic carbocycles. The second kappa shape index (κ2) is 2.98. The van der Waals surface area contributed by atoms with Gasteiger partial charge in [0.25, 0.3) is 10.1 Å². The van der Waals surface area contributed by atoms with Gasteiger partial charge in [-0.2, -0.15) is 8.42 Å². The minimum absolute atomic E-state index is 0.0394. The predicted octanol–water partition coefficient (Wildman–Crippen LogP) is 0.113. The van der Waals surface area contributed by atoms with E-state index >= 15 is 0 Å². The highest BCUT2D eigenvalue weighted by atomic mass is 32.2. The van der Waals surface area contributed by atoms with Crippen molar-refractivity contribution in [1.29, 1.82) is 0 Å². The van der Waals surface area contributed by atoms with E-state index < -0.39 is 15.4 Å². The summed E-state index contributed by atoms with van der Waals surface area (Å²) in [6.45, 7) is 2.53. The summed E-state index contributed by atoms with van der Waals surface area (Å²) in [5.41, 5.74) is -0.0394. The molecule has 0 spiro atoms. The molecule has 0 saturated carbocycles. The molecule has 60 valence electrons. The fourth-order valence-corrected chi connectivity index (χ4v) is 0.775. The maximum absolute atomic E-state index is 10.3. The number of rotatable bonds is 2. The van der Waals surface area contributed by atoms with E-state index in [4.69, 9.17) is 9.76 Å². The highest BCUT2D eigenvalue weighted by Crippen LogP contribution is 1.99. The summed E-state index contributed by atoms with van der Waals surface area (Å²) in [6, 6.07) is 0. The minimum Gasteiger partial charge on any atom is -0.411 e. The zero-order chi connectivity index (χ0) is 8.36. The van der Waals surface area contributed by atoms with Gasteiger partial charge < -0.3 is 5.21 Å². The van der Waals surface area contributed by atoms with Crippen LogP contribution in [0.4, 0.5) is 0 Å². The molecule has 1 unspecified atom stereocenters. The molecule has 0 amide bonds. The Morgan fingerprint density at radius 2 is 2.00 bits per heavy atom. The molecule has 0 fully saturated rings. The molecule has 0 aromatic rings. The standard InChI is InChI=1S/C4H9NO4S/c1-3(5-6)4(2)10(7,8)9/h4,6H,1-2H3,(H,7,8,9). The predicted molar refractivity (Wildman–Crippen MR) is 35.9 cm³/mol. The quantitative estimate of drug-likeness (QED) is 0.264. The van der Waals surface area contributed by atoms with Crippen LogP contribution in [-0.2, 0) is 10.1 Å². The van der Waals surface area contributed by atoms with Gasteiger partial charge in [-0.05, 0) is 13.8 Å². The average Bonchev–Trinajstić information content (AvgIpc) is 1.83. The monoisotopic (exact) mass is 167 g/mol. The van der Waals surface area contributed by atoms with E-state index in [1.165, 1.54) is 13.8 Å². The number of hydrogen-bond acceptors (Lipinski definition) is 4. The summed E-state index contributed by atoms with van der Waals surface area (Å²) in [4.78, 5) is 0. The van der Waals surface area contributed by atoms with Crippen molar-refractivity contribution in [3.8, 4) is 0 Å². The maximum Gasteiger partial charge on any atom is 0.273 e. The minimum atomic E-state index is -4.10. The van der Waals surface area contributed by atoms with Gasteiger partial charge in [0.05, 0.1) is 5.71 Å². The Balaban J connectivity index is 4.55. The van der Waals surface area contributed by atoms with Crippen molar-refractivity contribution < 1.29 is 18.2 Å². The lowest BCUT2D eigenvalue weighted by atomic mass is 10.3. The first-order valence-electron chi connectivity index (χ1n) is 2.54. The second-order valence-electron chi connectivity index (χ2n) is 1.90. The summed E-state index contributed by atoms with van der Waals surface area (Å²) >= 11 is 0. The first-order valence-corrected chi connectivity index (χ1v) is 4.04. The fourth-order valence-electron chi connectivity index (χ4n) is 0.297. The third-order valence-corrected chi connectivity index (χ3v) is 2.43. The Kier molecular flexibility index (Phi) is 2.79. The van der Waals surface area contributed by atoms with Crippen molar-refractivity contribution in [3.63, 3.8) is 0 Å². The summed E-state index contributed by atoms with van der Waals surface area (Å²) in [5, 5.41) is 9.57. The van der Waals surface area contributed by atoms with Gasteiger partial charge in [-0.1, -0.05) is 5.16 Å². The first kappa shape index (κ1) is 9.38. The SMILES string of the molecule is CC(=NO)C(C)S(=O)(=O)O. The summed E-state index contributed by atoms with van der Waals surface area (Å²) in [5.74, 6) is 0. The van der Waals surface area contributed by atoms with Gasteiger partial charge >= 0.3 is 0 Å². The van der Waals surface area contributed by atoms with Crippen LogP contribution in [0.25, 0.3) is 0 Å². The second-order valence-corrected chi connectivity index (χ2v) is 3.64. The van der Waals surface area contributed by atoms with Gasteiger partial charge in [0.2, 0.25) is 0 Å². The van der Waals surface area contributed by atoms with Crippen LogP contribution < -0.4 is 0 Å². The van der Waals surface area contributed by atoms with Crippen LogP contribution in [0.3, 0.4) is 0 Å². The Labute approximate surface area is 59.1 Å². The third kappa shape index (κ3) is 2.32. The van der Waals surface area contributed by atoms with Crippen LogP contribution in [0.1, 0.15) is 13.8 Å². The Bertz CT molecular complexity index is 230. The van der Waals surface area contributed by atoms with E-state index in [1.807, 2.05) is 0 Å². The van der Waals surface area contributed by atoms with Gasteiger partial charge in [0, 0.05) is 0 Å². The van der Waals surface area contributed by atoms with Crippen molar-refractivity contribution in [3.05, 3.63) is 0 Å². The van der Waals surface area contributed by atoms with Crippen LogP contribution >= 0.6 is 0 Å². The molecule has 10 heavy (non-hydrogen) atoms. The fraction of sp³-hybridized carbons (Fsp3) is 0.750. The number of oxime groups is 1. The molecule has 0 rings (SSSR count). The van der Waals surface area contributed by atoms with Crippen LogP contribution in [-0.4, -0.2) is 29.1 Å². The largest absolute Gasteiger partial charge is 0.411 e. The van der Waals surface area contributed by atoms with Crippen molar-refractivity contribution in [2.24, 2.45) is 5.16 Å². The van der Waals surface area contributed by atoms with Gasteiger partial charge in [-0.25, -0.2) is 0 Å². The summed E-state index contributed by atoms with van der Waals surface area (Å²) in [6.07, 6.45) is 0. The molecule has 1 atom stereocenters. The molecule has 0 aliphatic carbocycles. The van der Waals surface area contributed by atoms with Crippen LogP contribution in [0.5, 0.6) is 0 Å². The Hall–Kier alpha value is -0.620. The first-order chi connectivity index (χ1) is 4.39. The lowest BCUT2D eigenvalue weighted by Crippen LogP contribution is -2.24. The third-order valence-electron chi connectivity index (χ3n) is 1.19. The van der Waals surface area contributed by atoms with Gasteiger partial charge in [0.15, 0.2) is 0 Å². The highest BCUT2D eigenvalue weighted by molar-refractivity contribution is 7.87. The van der Waals surface area contributed by atoms with Gasteiger partial charge in [-0.3, -0.25) is 4.55 Å². The van der Waals surface area contributed by atoms with Crippen LogP contribution in [0.15, 0.2) is 5.16 Å². The van der Waals surface area contributed by atoms with Crippen LogP contribution in [0.2, 0.25) is 0 Å². The van der Waals surface area contributed by atoms with E-state index in [0.29, 0.717) is 0 Å². The molecule has 5 nitrogen and oxygen atoms in total. The Morgan fingerprint density at radius 1 is 1.60 bits per heavy atom. The van der Waals surface area contributed by atoms with E-state index in [9.17, 15) is 8.42 Å². The molecule has 0 aromatic heterocycles. The van der Waals surface area contributed by atoms with E-state index in [2.05, 4.69) is 5.16 Å². The van der Waals surface area contributed by atoms with Crippen LogP contribution in [0, 0.1) is 0 Å². The molecule has 0 saturated heterocycles. The van der Waals surface area contributed by atoms with E-state index in [-0.39, 0.29) is 5.71 Å². The van der Waals surface area contributed by atoms with E-state index in [1.54, 1.807) is 0 Å². The molecule has 0 aliphatic rings. The van der Waals surface area contributed by atoms with Gasteiger partial charge in [-0.15, -0.1) is 0 Å². The molecule has 2 N–H and O–H groups in total. The molecule has 0 aliphatic heterocycles. The normalized spacial score (nSPS) is 16.9. The summed E-state index contributed by atoms with van der Waals surface area (Å²) in [7, 11) is -4.10. The van der Waals surface area contributed by atoms with E-state index in [0.717, 1.165) is 0 Å².